The Morgan fingerprint density at radius 1 is 1.18 bits per heavy atom. The number of benzene rings is 1. The first-order valence-corrected chi connectivity index (χ1v) is 9.59. The van der Waals surface area contributed by atoms with Gasteiger partial charge in [0.1, 0.15) is 5.56 Å². The minimum Gasteiger partial charge on any atom is -0.347 e. The normalized spacial score (nSPS) is 11.9. The van der Waals surface area contributed by atoms with Crippen LogP contribution in [0.3, 0.4) is 0 Å². The van der Waals surface area contributed by atoms with Gasteiger partial charge in [0.2, 0.25) is 0 Å². The summed E-state index contributed by atoms with van der Waals surface area (Å²) in [5.41, 5.74) is 1.83. The van der Waals surface area contributed by atoms with E-state index in [9.17, 15) is 9.59 Å². The lowest BCUT2D eigenvalue weighted by Crippen LogP contribution is -2.41. The third-order valence-electron chi connectivity index (χ3n) is 4.90. The largest absolute Gasteiger partial charge is 0.347 e. The molecule has 28 heavy (non-hydrogen) atoms. The zero-order chi connectivity index (χ0) is 19.9. The van der Waals surface area contributed by atoms with E-state index < -0.39 is 0 Å². The van der Waals surface area contributed by atoms with Gasteiger partial charge in [-0.1, -0.05) is 37.3 Å². The topological polar surface area (TPSA) is 68.9 Å². The predicted molar refractivity (Wildman–Crippen MR) is 109 cm³/mol. The Morgan fingerprint density at radius 2 is 1.96 bits per heavy atom. The van der Waals surface area contributed by atoms with E-state index in [-0.39, 0.29) is 23.1 Å². The van der Waals surface area contributed by atoms with Gasteiger partial charge in [0.25, 0.3) is 11.5 Å². The van der Waals surface area contributed by atoms with Crippen molar-refractivity contribution in [2.24, 2.45) is 0 Å². The van der Waals surface area contributed by atoms with Gasteiger partial charge in [-0.25, -0.2) is 4.98 Å². The van der Waals surface area contributed by atoms with Crippen molar-refractivity contribution in [2.45, 2.75) is 45.8 Å². The number of imidazole rings is 1. The molecule has 0 fully saturated rings. The highest BCUT2D eigenvalue weighted by molar-refractivity contribution is 5.95. The van der Waals surface area contributed by atoms with Crippen LogP contribution in [-0.4, -0.2) is 26.1 Å². The van der Waals surface area contributed by atoms with Crippen molar-refractivity contribution in [3.8, 4) is 0 Å². The molecule has 2 heterocycles. The number of pyridine rings is 1. The highest BCUT2D eigenvalue weighted by Gasteiger charge is 2.19. The van der Waals surface area contributed by atoms with Gasteiger partial charge < -0.3 is 14.5 Å². The monoisotopic (exact) mass is 378 g/mol. The second-order valence-electron chi connectivity index (χ2n) is 6.95. The summed E-state index contributed by atoms with van der Waals surface area (Å²) in [6, 6.07) is 11.8. The number of nitrogens with one attached hydrogen (secondary N) is 1. The highest BCUT2D eigenvalue weighted by Crippen LogP contribution is 2.06. The van der Waals surface area contributed by atoms with E-state index in [1.807, 2.05) is 54.1 Å². The first kappa shape index (κ1) is 19.6. The van der Waals surface area contributed by atoms with E-state index in [2.05, 4.69) is 10.3 Å². The molecule has 1 aromatic carbocycles. The first-order valence-electron chi connectivity index (χ1n) is 9.59. The second-order valence-corrected chi connectivity index (χ2v) is 6.95. The summed E-state index contributed by atoms with van der Waals surface area (Å²) in [4.78, 5) is 29.8. The molecule has 0 saturated carbocycles. The summed E-state index contributed by atoms with van der Waals surface area (Å²) in [6.45, 7) is 4.97. The molecule has 1 unspecified atom stereocenters. The first-order chi connectivity index (χ1) is 13.6. The molecule has 3 aromatic rings. The molecule has 2 aromatic heterocycles. The lowest BCUT2D eigenvalue weighted by molar-refractivity contribution is 0.0929. The zero-order valence-electron chi connectivity index (χ0n) is 16.3. The molecule has 6 heteroatoms. The lowest BCUT2D eigenvalue weighted by atomic mass is 10.1. The van der Waals surface area contributed by atoms with E-state index in [4.69, 9.17) is 0 Å². The molecule has 0 radical (unpaired) electrons. The maximum Gasteiger partial charge on any atom is 0.263 e. The van der Waals surface area contributed by atoms with Crippen molar-refractivity contribution in [3.63, 3.8) is 0 Å². The molecule has 1 N–H and O–H groups in total. The summed E-state index contributed by atoms with van der Waals surface area (Å²) < 4.78 is 3.54. The number of hydrogen-bond donors (Lipinski definition) is 1. The summed E-state index contributed by atoms with van der Waals surface area (Å²) in [5, 5.41) is 3.00. The molecule has 0 aliphatic carbocycles. The third kappa shape index (κ3) is 4.76. The van der Waals surface area contributed by atoms with Crippen LogP contribution in [0.1, 0.15) is 34.8 Å². The van der Waals surface area contributed by atoms with Crippen LogP contribution in [0.25, 0.3) is 0 Å². The number of nitrogens with zero attached hydrogens (tertiary/aromatic N) is 3. The summed E-state index contributed by atoms with van der Waals surface area (Å²) >= 11 is 0. The molecule has 0 saturated heterocycles. The van der Waals surface area contributed by atoms with Gasteiger partial charge in [0.15, 0.2) is 0 Å². The van der Waals surface area contributed by atoms with Crippen LogP contribution in [0.2, 0.25) is 0 Å². The SMILES string of the molecule is CCC(Cn1ccnc1)NC(=O)c1c(C)ccn(CCc2ccccc2)c1=O. The maximum absolute atomic E-state index is 12.9. The smallest absolute Gasteiger partial charge is 0.263 e. The van der Waals surface area contributed by atoms with Crippen LogP contribution in [-0.2, 0) is 19.5 Å². The van der Waals surface area contributed by atoms with Gasteiger partial charge in [0.05, 0.1) is 6.33 Å². The Kier molecular flexibility index (Phi) is 6.42. The number of carbonyl (C=O) groups excluding carboxylic acids is 1. The molecule has 3 rings (SSSR count). The Bertz CT molecular complexity index is 962. The molecule has 1 amide bonds. The molecular weight excluding hydrogens is 352 g/mol. The fraction of sp³-hybridized carbons (Fsp3) is 0.318. The van der Waals surface area contributed by atoms with Gasteiger partial charge >= 0.3 is 0 Å². The fourth-order valence-corrected chi connectivity index (χ4v) is 3.20. The number of carbonyl (C=O) groups is 1. The summed E-state index contributed by atoms with van der Waals surface area (Å²) in [6.07, 6.45) is 8.56. The Hall–Kier alpha value is -3.15. The van der Waals surface area contributed by atoms with E-state index in [0.717, 1.165) is 18.4 Å². The number of aromatic nitrogens is 3. The van der Waals surface area contributed by atoms with E-state index in [0.29, 0.717) is 18.7 Å². The molecule has 0 aliphatic rings. The minimum atomic E-state index is -0.316. The van der Waals surface area contributed by atoms with Crippen molar-refractivity contribution < 1.29 is 4.79 Å². The van der Waals surface area contributed by atoms with Crippen molar-refractivity contribution in [1.29, 1.82) is 0 Å². The Morgan fingerprint density at radius 3 is 2.64 bits per heavy atom. The van der Waals surface area contributed by atoms with Crippen molar-refractivity contribution in [3.05, 3.63) is 88.4 Å². The van der Waals surface area contributed by atoms with Crippen LogP contribution in [0.5, 0.6) is 0 Å². The van der Waals surface area contributed by atoms with Crippen LogP contribution >= 0.6 is 0 Å². The third-order valence-corrected chi connectivity index (χ3v) is 4.90. The lowest BCUT2D eigenvalue weighted by Gasteiger charge is -2.18. The highest BCUT2D eigenvalue weighted by atomic mass is 16.2. The summed E-state index contributed by atoms with van der Waals surface area (Å²) in [5.74, 6) is -0.316. The van der Waals surface area contributed by atoms with Crippen LogP contribution < -0.4 is 10.9 Å². The number of amides is 1. The van der Waals surface area contributed by atoms with E-state index >= 15 is 0 Å². The average molecular weight is 378 g/mol. The summed E-state index contributed by atoms with van der Waals surface area (Å²) in [7, 11) is 0. The van der Waals surface area contributed by atoms with Crippen molar-refractivity contribution in [1.82, 2.24) is 19.4 Å². The van der Waals surface area contributed by atoms with Gasteiger partial charge in [-0.05, 0) is 37.0 Å². The van der Waals surface area contributed by atoms with Gasteiger partial charge in [-0.15, -0.1) is 0 Å². The molecule has 0 aliphatic heterocycles. The van der Waals surface area contributed by atoms with Gasteiger partial charge in [0, 0.05) is 37.7 Å². The van der Waals surface area contributed by atoms with Gasteiger partial charge in [-0.2, -0.15) is 0 Å². The van der Waals surface area contributed by atoms with Gasteiger partial charge in [-0.3, -0.25) is 9.59 Å². The fourth-order valence-electron chi connectivity index (χ4n) is 3.20. The molecule has 1 atom stereocenters. The average Bonchev–Trinajstić information content (AvgIpc) is 3.21. The quantitative estimate of drug-likeness (QED) is 0.655. The van der Waals surface area contributed by atoms with E-state index in [1.54, 1.807) is 30.2 Å². The van der Waals surface area contributed by atoms with Crippen LogP contribution in [0, 0.1) is 6.92 Å². The standard InChI is InChI=1S/C22H26N4O2/c1-3-19(15-25-14-11-23-16-25)24-21(27)20-17(2)9-12-26(22(20)28)13-10-18-7-5-4-6-8-18/h4-9,11-12,14,16,19H,3,10,13,15H2,1-2H3,(H,24,27). The number of aryl methyl sites for hydroxylation is 3. The van der Waals surface area contributed by atoms with Crippen LogP contribution in [0.15, 0.2) is 66.1 Å². The second kappa shape index (κ2) is 9.17. The van der Waals surface area contributed by atoms with E-state index in [1.165, 1.54) is 0 Å². The molecule has 0 bridgehead atoms. The molecular formula is C22H26N4O2. The molecule has 146 valence electrons. The maximum atomic E-state index is 12.9. The number of hydrogen-bond acceptors (Lipinski definition) is 3. The van der Waals surface area contributed by atoms with Crippen LogP contribution in [0.4, 0.5) is 0 Å². The molecule has 0 spiro atoms. The van der Waals surface area contributed by atoms with Crippen molar-refractivity contribution >= 4 is 5.91 Å². The predicted octanol–water partition coefficient (Wildman–Crippen LogP) is 2.80. The number of rotatable bonds is 8. The molecule has 6 nitrogen and oxygen atoms in total. The van der Waals surface area contributed by atoms with Crippen molar-refractivity contribution in [2.75, 3.05) is 0 Å². The zero-order valence-corrected chi connectivity index (χ0v) is 16.3. The Balaban J connectivity index is 1.74. The minimum absolute atomic E-state index is 0.0709. The Labute approximate surface area is 164 Å².